The van der Waals surface area contributed by atoms with E-state index in [9.17, 15) is 4.39 Å². The second-order valence-corrected chi connectivity index (χ2v) is 3.92. The van der Waals surface area contributed by atoms with Crippen LogP contribution >= 0.6 is 23.2 Å². The van der Waals surface area contributed by atoms with E-state index in [0.29, 0.717) is 6.54 Å². The number of halogens is 3. The zero-order valence-corrected chi connectivity index (χ0v) is 9.24. The number of anilines is 1. The van der Waals surface area contributed by atoms with Crippen molar-refractivity contribution < 1.29 is 4.39 Å². The van der Waals surface area contributed by atoms with Gasteiger partial charge < -0.3 is 5.32 Å². The maximum absolute atomic E-state index is 13.2. The van der Waals surface area contributed by atoms with Crippen molar-refractivity contribution in [1.82, 2.24) is 4.98 Å². The van der Waals surface area contributed by atoms with Gasteiger partial charge in [0.25, 0.3) is 0 Å². The number of nitrogens with one attached hydrogen (secondary N) is 1. The SMILES string of the molecule is CCC(Cl)CNc1ncc(Cl)cc1F. The van der Waals surface area contributed by atoms with Crippen LogP contribution in [0.1, 0.15) is 13.3 Å². The van der Waals surface area contributed by atoms with Gasteiger partial charge in [-0.05, 0) is 12.5 Å². The molecule has 1 N–H and O–H groups in total. The maximum Gasteiger partial charge on any atom is 0.166 e. The normalized spacial score (nSPS) is 12.6. The molecule has 0 aliphatic rings. The van der Waals surface area contributed by atoms with Crippen LogP contribution in [0, 0.1) is 5.82 Å². The third-order valence-corrected chi connectivity index (χ3v) is 2.41. The number of hydrogen-bond donors (Lipinski definition) is 1. The molecule has 1 aromatic heterocycles. The molecule has 1 atom stereocenters. The topological polar surface area (TPSA) is 24.9 Å². The van der Waals surface area contributed by atoms with E-state index in [4.69, 9.17) is 23.2 Å². The highest BCUT2D eigenvalue weighted by Gasteiger charge is 2.06. The lowest BCUT2D eigenvalue weighted by Crippen LogP contribution is -2.14. The molecule has 1 aromatic rings. The molecule has 78 valence electrons. The number of hydrogen-bond acceptors (Lipinski definition) is 2. The first-order chi connectivity index (χ1) is 6.63. The third-order valence-electron chi connectivity index (χ3n) is 1.74. The Morgan fingerprint density at radius 2 is 2.36 bits per heavy atom. The highest BCUT2D eigenvalue weighted by atomic mass is 35.5. The van der Waals surface area contributed by atoms with Crippen molar-refractivity contribution in [1.29, 1.82) is 0 Å². The minimum absolute atomic E-state index is 0.0214. The largest absolute Gasteiger partial charge is 0.366 e. The standard InChI is InChI=1S/C9H11Cl2FN2/c1-2-6(10)4-13-9-8(12)3-7(11)5-14-9/h3,5-6H,2,4H2,1H3,(H,13,14). The van der Waals surface area contributed by atoms with Crippen LogP contribution < -0.4 is 5.32 Å². The van der Waals surface area contributed by atoms with Crippen LogP contribution in [0.2, 0.25) is 5.02 Å². The van der Waals surface area contributed by atoms with Gasteiger partial charge in [-0.1, -0.05) is 18.5 Å². The predicted octanol–water partition coefficient (Wildman–Crippen LogP) is 3.30. The molecule has 0 saturated carbocycles. The van der Waals surface area contributed by atoms with Crippen LogP contribution in [-0.4, -0.2) is 16.9 Å². The van der Waals surface area contributed by atoms with E-state index in [1.54, 1.807) is 0 Å². The van der Waals surface area contributed by atoms with Crippen LogP contribution in [0.25, 0.3) is 0 Å². The summed E-state index contributed by atoms with van der Waals surface area (Å²) in [6, 6.07) is 1.21. The first kappa shape index (κ1) is 11.5. The van der Waals surface area contributed by atoms with Gasteiger partial charge in [-0.3, -0.25) is 0 Å². The molecule has 0 fully saturated rings. The van der Waals surface area contributed by atoms with Crippen molar-refractivity contribution in [2.45, 2.75) is 18.7 Å². The van der Waals surface area contributed by atoms with Gasteiger partial charge in [0.1, 0.15) is 0 Å². The summed E-state index contributed by atoms with van der Waals surface area (Å²) in [5.41, 5.74) is 0. The van der Waals surface area contributed by atoms with Gasteiger partial charge in [0.15, 0.2) is 11.6 Å². The molecule has 1 heterocycles. The molecule has 0 bridgehead atoms. The number of aromatic nitrogens is 1. The Hall–Kier alpha value is -0.540. The van der Waals surface area contributed by atoms with Crippen LogP contribution in [0.5, 0.6) is 0 Å². The minimum atomic E-state index is -0.461. The molecular formula is C9H11Cl2FN2. The number of pyridine rings is 1. The van der Waals surface area contributed by atoms with Crippen LogP contribution in [-0.2, 0) is 0 Å². The van der Waals surface area contributed by atoms with E-state index in [2.05, 4.69) is 10.3 Å². The summed E-state index contributed by atoms with van der Waals surface area (Å²) in [7, 11) is 0. The summed E-state index contributed by atoms with van der Waals surface area (Å²) in [5, 5.41) is 3.08. The fraction of sp³-hybridized carbons (Fsp3) is 0.444. The van der Waals surface area contributed by atoms with Crippen LogP contribution in [0.4, 0.5) is 10.2 Å². The Kier molecular flexibility index (Phi) is 4.42. The zero-order chi connectivity index (χ0) is 10.6. The maximum atomic E-state index is 13.2. The summed E-state index contributed by atoms with van der Waals surface area (Å²) >= 11 is 11.4. The summed E-state index contributed by atoms with van der Waals surface area (Å²) in [6.07, 6.45) is 2.21. The molecule has 0 radical (unpaired) electrons. The Balaban J connectivity index is 2.59. The quantitative estimate of drug-likeness (QED) is 0.812. The fourth-order valence-corrected chi connectivity index (χ4v) is 1.12. The van der Waals surface area contributed by atoms with Crippen molar-refractivity contribution in [3.05, 3.63) is 23.1 Å². The van der Waals surface area contributed by atoms with Crippen molar-refractivity contribution in [3.63, 3.8) is 0 Å². The molecule has 2 nitrogen and oxygen atoms in total. The third kappa shape index (κ3) is 3.31. The molecule has 0 aromatic carbocycles. The van der Waals surface area contributed by atoms with E-state index in [-0.39, 0.29) is 16.2 Å². The average molecular weight is 237 g/mol. The molecule has 5 heteroatoms. The lowest BCUT2D eigenvalue weighted by atomic mass is 10.3. The molecule has 0 aliphatic carbocycles. The van der Waals surface area contributed by atoms with Crippen LogP contribution in [0.15, 0.2) is 12.3 Å². The molecule has 1 unspecified atom stereocenters. The van der Waals surface area contributed by atoms with Crippen LogP contribution in [0.3, 0.4) is 0 Å². The van der Waals surface area contributed by atoms with Crippen molar-refractivity contribution >= 4 is 29.0 Å². The first-order valence-electron chi connectivity index (χ1n) is 4.32. The Morgan fingerprint density at radius 3 is 2.93 bits per heavy atom. The molecular weight excluding hydrogens is 226 g/mol. The molecule has 0 aliphatic heterocycles. The van der Waals surface area contributed by atoms with Gasteiger partial charge in [0.05, 0.1) is 10.4 Å². The van der Waals surface area contributed by atoms with Gasteiger partial charge >= 0.3 is 0 Å². The summed E-state index contributed by atoms with van der Waals surface area (Å²) in [5.74, 6) is -0.272. The summed E-state index contributed by atoms with van der Waals surface area (Å²) in [6.45, 7) is 2.45. The predicted molar refractivity (Wildman–Crippen MR) is 57.6 cm³/mol. The Bertz CT molecular complexity index is 307. The van der Waals surface area contributed by atoms with Crippen molar-refractivity contribution in [2.24, 2.45) is 0 Å². The summed E-state index contributed by atoms with van der Waals surface area (Å²) in [4.78, 5) is 3.81. The van der Waals surface area contributed by atoms with Gasteiger partial charge in [0, 0.05) is 12.7 Å². The zero-order valence-electron chi connectivity index (χ0n) is 7.73. The summed E-state index contributed by atoms with van der Waals surface area (Å²) < 4.78 is 13.2. The number of rotatable bonds is 4. The van der Waals surface area contributed by atoms with E-state index in [1.165, 1.54) is 12.3 Å². The molecule has 0 amide bonds. The second-order valence-electron chi connectivity index (χ2n) is 2.87. The highest BCUT2D eigenvalue weighted by Crippen LogP contribution is 2.15. The lowest BCUT2D eigenvalue weighted by molar-refractivity contribution is 0.623. The monoisotopic (exact) mass is 236 g/mol. The van der Waals surface area contributed by atoms with Gasteiger partial charge in [-0.2, -0.15) is 0 Å². The number of alkyl halides is 1. The molecule has 0 spiro atoms. The van der Waals surface area contributed by atoms with Gasteiger partial charge in [0.2, 0.25) is 0 Å². The highest BCUT2D eigenvalue weighted by molar-refractivity contribution is 6.30. The van der Waals surface area contributed by atoms with E-state index < -0.39 is 5.82 Å². The van der Waals surface area contributed by atoms with E-state index >= 15 is 0 Å². The Labute approximate surface area is 92.4 Å². The lowest BCUT2D eigenvalue weighted by Gasteiger charge is -2.09. The molecule has 0 saturated heterocycles. The smallest absolute Gasteiger partial charge is 0.166 e. The van der Waals surface area contributed by atoms with Crippen molar-refractivity contribution in [3.8, 4) is 0 Å². The second kappa shape index (κ2) is 5.37. The molecule has 1 rings (SSSR count). The van der Waals surface area contributed by atoms with E-state index in [0.717, 1.165) is 6.42 Å². The van der Waals surface area contributed by atoms with Crippen molar-refractivity contribution in [2.75, 3.05) is 11.9 Å². The van der Waals surface area contributed by atoms with E-state index in [1.807, 2.05) is 6.92 Å². The number of nitrogens with zero attached hydrogens (tertiary/aromatic N) is 1. The fourth-order valence-electron chi connectivity index (χ4n) is 0.896. The average Bonchev–Trinajstić information content (AvgIpc) is 2.16. The Morgan fingerprint density at radius 1 is 1.64 bits per heavy atom. The first-order valence-corrected chi connectivity index (χ1v) is 5.14. The minimum Gasteiger partial charge on any atom is -0.366 e. The molecule has 14 heavy (non-hydrogen) atoms. The van der Waals surface area contributed by atoms with Gasteiger partial charge in [-0.15, -0.1) is 11.6 Å². The van der Waals surface area contributed by atoms with Gasteiger partial charge in [-0.25, -0.2) is 9.37 Å².